The maximum absolute atomic E-state index is 12.9. The Morgan fingerprint density at radius 1 is 1.06 bits per heavy atom. The lowest BCUT2D eigenvalue weighted by atomic mass is 9.84. The highest BCUT2D eigenvalue weighted by Crippen LogP contribution is 2.28. The van der Waals surface area contributed by atoms with E-state index in [1.807, 2.05) is 30.3 Å². The lowest BCUT2D eigenvalue weighted by Crippen LogP contribution is -2.38. The van der Waals surface area contributed by atoms with Crippen LogP contribution in [0.1, 0.15) is 47.6 Å². The first kappa shape index (κ1) is 22.2. The van der Waals surface area contributed by atoms with Gasteiger partial charge in [0, 0.05) is 30.2 Å². The predicted octanol–water partition coefficient (Wildman–Crippen LogP) is 3.88. The number of amides is 3. The van der Waals surface area contributed by atoms with Gasteiger partial charge >= 0.3 is 0 Å². The van der Waals surface area contributed by atoms with Gasteiger partial charge in [0.25, 0.3) is 17.1 Å². The first-order valence-electron chi connectivity index (χ1n) is 11.3. The van der Waals surface area contributed by atoms with Gasteiger partial charge in [0.15, 0.2) is 0 Å². The third-order valence-corrected chi connectivity index (χ3v) is 6.99. The highest BCUT2D eigenvalue weighted by Gasteiger charge is 2.26. The minimum atomic E-state index is -0.394. The van der Waals surface area contributed by atoms with Gasteiger partial charge in [-0.05, 0) is 67.6 Å². The van der Waals surface area contributed by atoms with Crippen molar-refractivity contribution in [3.63, 3.8) is 0 Å². The van der Waals surface area contributed by atoms with Crippen LogP contribution in [0.2, 0.25) is 0 Å². The molecule has 2 fully saturated rings. The zero-order valence-electron chi connectivity index (χ0n) is 18.4. The number of nitrogens with one attached hydrogen (secondary N) is 2. The Kier molecular flexibility index (Phi) is 6.35. The first-order valence-corrected chi connectivity index (χ1v) is 12.1. The molecule has 3 aromatic rings. The van der Waals surface area contributed by atoms with Crippen molar-refractivity contribution < 1.29 is 14.4 Å². The highest BCUT2D eigenvalue weighted by atomic mass is 32.2. The average molecular weight is 474 g/mol. The summed E-state index contributed by atoms with van der Waals surface area (Å²) in [6.07, 6.45) is 9.49. The molecule has 2 aromatic heterocycles. The van der Waals surface area contributed by atoms with Crippen LogP contribution in [-0.2, 0) is 11.2 Å². The molecule has 0 atom stereocenters. The number of benzene rings is 1. The fraction of sp³-hybridized carbons (Fsp3) is 0.280. The third-order valence-electron chi connectivity index (χ3n) is 6.18. The average Bonchev–Trinajstić information content (AvgIpc) is 3.16. The summed E-state index contributed by atoms with van der Waals surface area (Å²) < 4.78 is 0. The number of pyridine rings is 1. The maximum atomic E-state index is 12.9. The standard InChI is InChI=1S/C25H23N5O3S/c31-23(19-5-1-3-16-4-2-11-27-22(16)19)29-17-8-6-15(7-9-17)13-21-26-12-10-18(28-21)14-20-24(32)30-25(33)34-20/h1-5,10-12,14-15,17H,6-9,13H2,(H,29,31)(H,30,32,33)/b20-14-. The van der Waals surface area contributed by atoms with Gasteiger partial charge in [-0.25, -0.2) is 9.97 Å². The summed E-state index contributed by atoms with van der Waals surface area (Å²) in [5, 5.41) is 6.01. The monoisotopic (exact) mass is 473 g/mol. The van der Waals surface area contributed by atoms with Crippen molar-refractivity contribution in [2.75, 3.05) is 0 Å². The molecule has 1 aliphatic heterocycles. The van der Waals surface area contributed by atoms with Gasteiger partial charge in [-0.15, -0.1) is 0 Å². The summed E-state index contributed by atoms with van der Waals surface area (Å²) in [7, 11) is 0. The molecule has 34 heavy (non-hydrogen) atoms. The van der Waals surface area contributed by atoms with E-state index in [9.17, 15) is 14.4 Å². The smallest absolute Gasteiger partial charge is 0.290 e. The number of fused-ring (bicyclic) bond motifs is 1. The Balaban J connectivity index is 1.17. The molecule has 0 bridgehead atoms. The second-order valence-corrected chi connectivity index (χ2v) is 9.54. The molecule has 9 heteroatoms. The van der Waals surface area contributed by atoms with Crippen molar-refractivity contribution in [2.24, 2.45) is 5.92 Å². The quantitative estimate of drug-likeness (QED) is 0.541. The van der Waals surface area contributed by atoms with E-state index in [4.69, 9.17) is 0 Å². The zero-order valence-corrected chi connectivity index (χ0v) is 19.2. The van der Waals surface area contributed by atoms with Crippen LogP contribution in [0, 0.1) is 5.92 Å². The lowest BCUT2D eigenvalue weighted by Gasteiger charge is -2.29. The number of thioether (sulfide) groups is 1. The van der Waals surface area contributed by atoms with E-state index in [1.165, 1.54) is 0 Å². The summed E-state index contributed by atoms with van der Waals surface area (Å²) in [6.45, 7) is 0. The van der Waals surface area contributed by atoms with Gasteiger partial charge in [-0.3, -0.25) is 24.7 Å². The van der Waals surface area contributed by atoms with Crippen molar-refractivity contribution in [1.82, 2.24) is 25.6 Å². The Labute approximate surface area is 200 Å². The molecular formula is C25H23N5O3S. The maximum Gasteiger partial charge on any atom is 0.290 e. The fourth-order valence-electron chi connectivity index (χ4n) is 4.47. The largest absolute Gasteiger partial charge is 0.349 e. The number of para-hydroxylation sites is 1. The number of carbonyl (C=O) groups excluding carboxylic acids is 3. The fourth-order valence-corrected chi connectivity index (χ4v) is 5.14. The number of hydrogen-bond donors (Lipinski definition) is 2. The van der Waals surface area contributed by atoms with Gasteiger partial charge in [-0.2, -0.15) is 0 Å². The molecule has 2 aliphatic rings. The highest BCUT2D eigenvalue weighted by molar-refractivity contribution is 8.18. The second kappa shape index (κ2) is 9.72. The summed E-state index contributed by atoms with van der Waals surface area (Å²) in [5.41, 5.74) is 1.94. The molecule has 3 amide bonds. The molecule has 1 aromatic carbocycles. The predicted molar refractivity (Wildman–Crippen MR) is 130 cm³/mol. The molecule has 172 valence electrons. The van der Waals surface area contributed by atoms with Crippen molar-refractivity contribution in [2.45, 2.75) is 38.1 Å². The Hall–Kier alpha value is -3.59. The summed E-state index contributed by atoms with van der Waals surface area (Å²) in [5.74, 6) is 0.679. The van der Waals surface area contributed by atoms with Gasteiger partial charge in [0.2, 0.25) is 0 Å². The SMILES string of the molecule is O=C1NC(=O)/C(=C/c2ccnc(CC3CCC(NC(=O)c4cccc5cccnc45)CC3)n2)S1. The molecule has 0 radical (unpaired) electrons. The van der Waals surface area contributed by atoms with E-state index in [0.29, 0.717) is 22.1 Å². The van der Waals surface area contributed by atoms with Gasteiger partial charge in [-0.1, -0.05) is 18.2 Å². The molecule has 2 N–H and O–H groups in total. The van der Waals surface area contributed by atoms with E-state index >= 15 is 0 Å². The number of carbonyl (C=O) groups is 3. The molecule has 1 saturated carbocycles. The summed E-state index contributed by atoms with van der Waals surface area (Å²) in [4.78, 5) is 49.7. The normalized spacial score (nSPS) is 21.6. The minimum absolute atomic E-state index is 0.0795. The zero-order chi connectivity index (χ0) is 23.5. The van der Waals surface area contributed by atoms with Gasteiger partial charge in [0.05, 0.1) is 21.7 Å². The van der Waals surface area contributed by atoms with E-state index in [2.05, 4.69) is 25.6 Å². The van der Waals surface area contributed by atoms with E-state index in [1.54, 1.807) is 24.5 Å². The van der Waals surface area contributed by atoms with E-state index in [-0.39, 0.29) is 17.2 Å². The van der Waals surface area contributed by atoms with Gasteiger partial charge < -0.3 is 5.32 Å². The molecule has 5 rings (SSSR count). The van der Waals surface area contributed by atoms with Crippen LogP contribution in [0.5, 0.6) is 0 Å². The van der Waals surface area contributed by atoms with Crippen molar-refractivity contribution in [3.05, 3.63) is 70.8 Å². The number of aromatic nitrogens is 3. The molecular weight excluding hydrogens is 450 g/mol. The molecule has 0 unspecified atom stereocenters. The van der Waals surface area contributed by atoms with Crippen molar-refractivity contribution in [3.8, 4) is 0 Å². The van der Waals surface area contributed by atoms with Crippen molar-refractivity contribution in [1.29, 1.82) is 0 Å². The Morgan fingerprint density at radius 3 is 2.68 bits per heavy atom. The Morgan fingerprint density at radius 2 is 1.88 bits per heavy atom. The van der Waals surface area contributed by atoms with Crippen LogP contribution in [-0.4, -0.2) is 38.0 Å². The van der Waals surface area contributed by atoms with Crippen LogP contribution < -0.4 is 10.6 Å². The van der Waals surface area contributed by atoms with E-state index < -0.39 is 5.91 Å². The van der Waals surface area contributed by atoms with Crippen LogP contribution in [0.4, 0.5) is 4.79 Å². The molecule has 8 nitrogen and oxygen atoms in total. The molecule has 3 heterocycles. The number of nitrogens with zero attached hydrogens (tertiary/aromatic N) is 3. The van der Waals surface area contributed by atoms with Crippen molar-refractivity contribution >= 4 is 45.8 Å². The number of imide groups is 1. The van der Waals surface area contributed by atoms with Crippen LogP contribution in [0.25, 0.3) is 17.0 Å². The van der Waals surface area contributed by atoms with Crippen LogP contribution >= 0.6 is 11.8 Å². The topological polar surface area (TPSA) is 114 Å². The van der Waals surface area contributed by atoms with Crippen LogP contribution in [0.3, 0.4) is 0 Å². The minimum Gasteiger partial charge on any atom is -0.349 e. The van der Waals surface area contributed by atoms with E-state index in [0.717, 1.165) is 60.6 Å². The van der Waals surface area contributed by atoms with Crippen LogP contribution in [0.15, 0.2) is 53.7 Å². The summed E-state index contributed by atoms with van der Waals surface area (Å²) >= 11 is 0.877. The molecule has 1 aliphatic carbocycles. The summed E-state index contributed by atoms with van der Waals surface area (Å²) in [6, 6.07) is 11.3. The second-order valence-electron chi connectivity index (χ2n) is 8.53. The lowest BCUT2D eigenvalue weighted by molar-refractivity contribution is -0.115. The Bertz CT molecular complexity index is 1300. The van der Waals surface area contributed by atoms with Gasteiger partial charge in [0.1, 0.15) is 5.82 Å². The first-order chi connectivity index (χ1) is 16.5. The molecule has 1 saturated heterocycles. The third kappa shape index (κ3) is 4.99. The molecule has 0 spiro atoms. The number of rotatable bonds is 5. The number of hydrogen-bond acceptors (Lipinski definition) is 7.